The molecular weight excluding hydrogens is 322 g/mol. The van der Waals surface area contributed by atoms with Crippen LogP contribution in [0.15, 0.2) is 24.3 Å². The topological polar surface area (TPSA) is 114 Å². The Morgan fingerprint density at radius 3 is 2.67 bits per heavy atom. The third-order valence-corrected chi connectivity index (χ3v) is 2.99. The molecule has 1 aliphatic heterocycles. The maximum absolute atomic E-state index is 11.6. The van der Waals surface area contributed by atoms with Gasteiger partial charge in [-0.3, -0.25) is 10.1 Å². The Labute approximate surface area is 136 Å². The van der Waals surface area contributed by atoms with Crippen molar-refractivity contribution in [2.45, 2.75) is 20.1 Å². The maximum Gasteiger partial charge on any atom is 0.331 e. The molecule has 9 nitrogen and oxygen atoms in total. The average Bonchev–Trinajstić information content (AvgIpc) is 2.57. The average molecular weight is 337 g/mol. The summed E-state index contributed by atoms with van der Waals surface area (Å²) in [5.41, 5.74) is 0.694. The zero-order valence-corrected chi connectivity index (χ0v) is 12.9. The molecule has 1 aliphatic rings. The summed E-state index contributed by atoms with van der Waals surface area (Å²) in [5, 5.41) is 11.0. The van der Waals surface area contributed by atoms with Gasteiger partial charge in [-0.25, -0.2) is 9.59 Å². The molecule has 0 bridgehead atoms. The summed E-state index contributed by atoms with van der Waals surface area (Å²) in [4.78, 5) is 33.1. The van der Waals surface area contributed by atoms with Crippen LogP contribution in [0.1, 0.15) is 18.1 Å². The molecule has 0 aliphatic carbocycles. The first-order valence-electron chi connectivity index (χ1n) is 7.03. The second kappa shape index (κ2) is 8.06. The highest BCUT2D eigenvalue weighted by Gasteiger charge is 2.21. The molecule has 0 saturated carbocycles. The minimum absolute atomic E-state index is 0.00845. The first-order chi connectivity index (χ1) is 11.5. The smallest absolute Gasteiger partial charge is 0.331 e. The Kier molecular flexibility index (Phi) is 5.85. The van der Waals surface area contributed by atoms with E-state index < -0.39 is 16.9 Å². The molecule has 0 amide bonds. The molecule has 0 unspecified atom stereocenters. The van der Waals surface area contributed by atoms with Crippen LogP contribution < -0.4 is 4.74 Å². The van der Waals surface area contributed by atoms with Crippen molar-refractivity contribution in [3.8, 4) is 5.75 Å². The highest BCUT2D eigenvalue weighted by atomic mass is 16.7. The summed E-state index contributed by atoms with van der Waals surface area (Å²) >= 11 is 0. The predicted octanol–water partition coefficient (Wildman–Crippen LogP) is 1.62. The molecule has 0 N–H and O–H groups in total. The van der Waals surface area contributed by atoms with Crippen molar-refractivity contribution in [2.24, 2.45) is 0 Å². The van der Waals surface area contributed by atoms with E-state index in [2.05, 4.69) is 4.74 Å². The third kappa shape index (κ3) is 4.53. The zero-order valence-electron chi connectivity index (χ0n) is 12.9. The van der Waals surface area contributed by atoms with Gasteiger partial charge in [0.1, 0.15) is 12.4 Å². The molecule has 1 aromatic rings. The van der Waals surface area contributed by atoms with Crippen LogP contribution in [0.4, 0.5) is 5.69 Å². The fourth-order valence-electron chi connectivity index (χ4n) is 2.02. The van der Waals surface area contributed by atoms with Gasteiger partial charge in [-0.15, -0.1) is 0 Å². The van der Waals surface area contributed by atoms with Gasteiger partial charge < -0.3 is 18.9 Å². The zero-order chi connectivity index (χ0) is 17.5. The van der Waals surface area contributed by atoms with Crippen molar-refractivity contribution in [3.63, 3.8) is 0 Å². The van der Waals surface area contributed by atoms with E-state index in [4.69, 9.17) is 14.2 Å². The normalized spacial score (nSPS) is 13.0. The summed E-state index contributed by atoms with van der Waals surface area (Å²) in [5.74, 6) is -1.05. The maximum atomic E-state index is 11.6. The quantitative estimate of drug-likeness (QED) is 0.333. The first kappa shape index (κ1) is 17.4. The van der Waals surface area contributed by atoms with Crippen LogP contribution in [0.3, 0.4) is 0 Å². The van der Waals surface area contributed by atoms with Crippen molar-refractivity contribution in [2.75, 3.05) is 13.4 Å². The SMILES string of the molecule is CCOC(=O)C=CC(=O)OCc1cc([N+](=O)[O-])cc2c1OCOC2. The number of carbonyl (C=O) groups excluding carboxylic acids is 2. The van der Waals surface area contributed by atoms with Gasteiger partial charge in [-0.2, -0.15) is 0 Å². The largest absolute Gasteiger partial charge is 0.467 e. The van der Waals surface area contributed by atoms with Crippen LogP contribution in [0.2, 0.25) is 0 Å². The summed E-state index contributed by atoms with van der Waals surface area (Å²) in [6.07, 6.45) is 1.87. The third-order valence-electron chi connectivity index (χ3n) is 2.99. The molecule has 0 spiro atoms. The second-order valence-corrected chi connectivity index (χ2v) is 4.65. The van der Waals surface area contributed by atoms with Crippen molar-refractivity contribution in [1.29, 1.82) is 0 Å². The van der Waals surface area contributed by atoms with Crippen LogP contribution in [-0.4, -0.2) is 30.3 Å². The Bertz CT molecular complexity index is 682. The van der Waals surface area contributed by atoms with Crippen molar-refractivity contribution < 1.29 is 33.5 Å². The van der Waals surface area contributed by atoms with E-state index in [9.17, 15) is 19.7 Å². The lowest BCUT2D eigenvalue weighted by atomic mass is 10.1. The minimum Gasteiger partial charge on any atom is -0.467 e. The molecule has 128 valence electrons. The monoisotopic (exact) mass is 337 g/mol. The Morgan fingerprint density at radius 1 is 1.29 bits per heavy atom. The van der Waals surface area contributed by atoms with Crippen LogP contribution in [0, 0.1) is 10.1 Å². The summed E-state index contributed by atoms with van der Waals surface area (Å²) in [7, 11) is 0. The number of ether oxygens (including phenoxy) is 4. The van der Waals surface area contributed by atoms with Crippen LogP contribution in [0.5, 0.6) is 5.75 Å². The van der Waals surface area contributed by atoms with Crippen LogP contribution in [0.25, 0.3) is 0 Å². The fraction of sp³-hybridized carbons (Fsp3) is 0.333. The van der Waals surface area contributed by atoms with E-state index in [1.807, 2.05) is 0 Å². The van der Waals surface area contributed by atoms with Gasteiger partial charge in [0.2, 0.25) is 0 Å². The second-order valence-electron chi connectivity index (χ2n) is 4.65. The summed E-state index contributed by atoms with van der Waals surface area (Å²) < 4.78 is 20.0. The van der Waals surface area contributed by atoms with E-state index in [0.717, 1.165) is 12.2 Å². The van der Waals surface area contributed by atoms with Crippen molar-refractivity contribution >= 4 is 17.6 Å². The van der Waals surface area contributed by atoms with E-state index in [-0.39, 0.29) is 32.3 Å². The first-order valence-corrected chi connectivity index (χ1v) is 7.03. The Hall–Kier alpha value is -2.94. The number of non-ortho nitro benzene ring substituents is 1. The van der Waals surface area contributed by atoms with E-state index in [0.29, 0.717) is 16.9 Å². The molecule has 0 radical (unpaired) electrons. The van der Waals surface area contributed by atoms with Crippen LogP contribution >= 0.6 is 0 Å². The molecule has 9 heteroatoms. The number of nitro benzene ring substituents is 1. The van der Waals surface area contributed by atoms with Gasteiger partial charge in [-0.1, -0.05) is 0 Å². The fourth-order valence-corrected chi connectivity index (χ4v) is 2.02. The number of fused-ring (bicyclic) bond motifs is 1. The van der Waals surface area contributed by atoms with Crippen molar-refractivity contribution in [1.82, 2.24) is 0 Å². The Morgan fingerprint density at radius 2 is 2.00 bits per heavy atom. The lowest BCUT2D eigenvalue weighted by Gasteiger charge is -2.20. The number of rotatable bonds is 6. The van der Waals surface area contributed by atoms with Gasteiger partial charge in [0.15, 0.2) is 6.79 Å². The van der Waals surface area contributed by atoms with Gasteiger partial charge in [-0.05, 0) is 6.92 Å². The minimum atomic E-state index is -0.782. The number of hydrogen-bond donors (Lipinski definition) is 0. The molecule has 1 heterocycles. The van der Waals surface area contributed by atoms with Crippen LogP contribution in [-0.2, 0) is 37.0 Å². The molecule has 24 heavy (non-hydrogen) atoms. The number of benzene rings is 1. The molecule has 0 aromatic heterocycles. The summed E-state index contributed by atoms with van der Waals surface area (Å²) in [6.45, 7) is 1.77. The molecule has 1 aromatic carbocycles. The highest BCUT2D eigenvalue weighted by molar-refractivity contribution is 5.91. The standard InChI is InChI=1S/C15H15NO8/c1-2-22-13(17)3-4-14(18)23-8-11-6-12(16(19)20)5-10-7-21-9-24-15(10)11/h3-6H,2,7-9H2,1H3. The number of carbonyl (C=O) groups is 2. The lowest BCUT2D eigenvalue weighted by molar-refractivity contribution is -0.385. The van der Waals surface area contributed by atoms with Crippen molar-refractivity contribution in [3.05, 3.63) is 45.5 Å². The predicted molar refractivity (Wildman–Crippen MR) is 78.9 cm³/mol. The van der Waals surface area contributed by atoms with E-state index >= 15 is 0 Å². The number of esters is 2. The molecule has 0 fully saturated rings. The number of nitro groups is 1. The number of nitrogens with zero attached hydrogens (tertiary/aromatic N) is 1. The van der Waals surface area contributed by atoms with Gasteiger partial charge in [0.25, 0.3) is 5.69 Å². The molecular formula is C15H15NO8. The van der Waals surface area contributed by atoms with E-state index in [1.165, 1.54) is 12.1 Å². The molecule has 2 rings (SSSR count). The van der Waals surface area contributed by atoms with Gasteiger partial charge in [0, 0.05) is 35.4 Å². The summed E-state index contributed by atoms with van der Waals surface area (Å²) in [6, 6.07) is 2.62. The van der Waals surface area contributed by atoms with Gasteiger partial charge in [0.05, 0.1) is 18.1 Å². The lowest BCUT2D eigenvalue weighted by Crippen LogP contribution is -2.14. The Balaban J connectivity index is 2.08. The van der Waals surface area contributed by atoms with Gasteiger partial charge >= 0.3 is 11.9 Å². The molecule has 0 atom stereocenters. The highest BCUT2D eigenvalue weighted by Crippen LogP contribution is 2.33. The molecule has 0 saturated heterocycles. The van der Waals surface area contributed by atoms with E-state index in [1.54, 1.807) is 6.92 Å². The number of hydrogen-bond acceptors (Lipinski definition) is 8.